The average Bonchev–Trinajstić information content (AvgIpc) is 2.42. The second-order valence-corrected chi connectivity index (χ2v) is 4.26. The summed E-state index contributed by atoms with van der Waals surface area (Å²) in [6.07, 6.45) is 0. The van der Waals surface area contributed by atoms with Gasteiger partial charge in [0.1, 0.15) is 17.2 Å². The Balaban J connectivity index is 2.48. The summed E-state index contributed by atoms with van der Waals surface area (Å²) >= 11 is 5.91. The molecule has 0 fully saturated rings. The first kappa shape index (κ1) is 14.0. The maximum atomic E-state index is 13.2. The van der Waals surface area contributed by atoms with E-state index in [0.29, 0.717) is 0 Å². The van der Waals surface area contributed by atoms with Crippen molar-refractivity contribution in [2.75, 3.05) is 10.7 Å². The van der Waals surface area contributed by atoms with Gasteiger partial charge in [-0.15, -0.1) is 0 Å². The molecule has 6 nitrogen and oxygen atoms in total. The molecule has 0 spiro atoms. The fourth-order valence-corrected chi connectivity index (χ4v) is 1.86. The third kappa shape index (κ3) is 2.79. The molecule has 0 saturated heterocycles. The number of nitrogen functional groups attached to an aromatic ring is 1. The van der Waals surface area contributed by atoms with E-state index in [2.05, 4.69) is 10.7 Å². The third-order valence-electron chi connectivity index (χ3n) is 2.57. The lowest BCUT2D eigenvalue weighted by atomic mass is 10.2. The minimum absolute atomic E-state index is 0.132. The van der Waals surface area contributed by atoms with Crippen LogP contribution in [0.2, 0.25) is 5.02 Å². The number of nitrogens with one attached hydrogen (secondary N) is 2. The fourth-order valence-electron chi connectivity index (χ4n) is 1.70. The molecule has 0 heterocycles. The van der Waals surface area contributed by atoms with Gasteiger partial charge in [-0.3, -0.25) is 16.0 Å². The van der Waals surface area contributed by atoms with E-state index in [1.165, 1.54) is 24.3 Å². The van der Waals surface area contributed by atoms with Crippen molar-refractivity contribution in [3.8, 4) is 0 Å². The van der Waals surface area contributed by atoms with E-state index in [9.17, 15) is 14.5 Å². The second-order valence-electron chi connectivity index (χ2n) is 3.85. The van der Waals surface area contributed by atoms with Crippen LogP contribution < -0.4 is 16.6 Å². The molecule has 0 bridgehead atoms. The predicted octanol–water partition coefficient (Wildman–Crippen LogP) is 3.42. The minimum Gasteiger partial charge on any atom is -0.349 e. The molecule has 0 atom stereocenters. The van der Waals surface area contributed by atoms with Crippen molar-refractivity contribution < 1.29 is 9.31 Å². The molecular formula is C12H10ClFN4O2. The number of para-hydroxylation sites is 1. The van der Waals surface area contributed by atoms with Gasteiger partial charge in [0, 0.05) is 0 Å². The van der Waals surface area contributed by atoms with Gasteiger partial charge in [0.05, 0.1) is 15.6 Å². The SMILES string of the molecule is NNc1cccc(Nc2cc(F)ccc2Cl)c1[N+](=O)[O-]. The summed E-state index contributed by atoms with van der Waals surface area (Å²) in [4.78, 5) is 10.5. The van der Waals surface area contributed by atoms with Crippen LogP contribution in [0.25, 0.3) is 0 Å². The molecule has 2 aromatic rings. The summed E-state index contributed by atoms with van der Waals surface area (Å²) in [5.74, 6) is 4.73. The van der Waals surface area contributed by atoms with Gasteiger partial charge >= 0.3 is 5.69 Å². The van der Waals surface area contributed by atoms with E-state index in [1.54, 1.807) is 6.07 Å². The molecular weight excluding hydrogens is 287 g/mol. The average molecular weight is 297 g/mol. The molecule has 0 saturated carbocycles. The van der Waals surface area contributed by atoms with Crippen molar-refractivity contribution in [2.45, 2.75) is 0 Å². The van der Waals surface area contributed by atoms with Crippen molar-refractivity contribution >= 4 is 34.4 Å². The molecule has 20 heavy (non-hydrogen) atoms. The molecule has 0 amide bonds. The maximum Gasteiger partial charge on any atom is 0.316 e. The zero-order chi connectivity index (χ0) is 14.7. The number of halogens is 2. The zero-order valence-corrected chi connectivity index (χ0v) is 10.8. The highest BCUT2D eigenvalue weighted by molar-refractivity contribution is 6.33. The van der Waals surface area contributed by atoms with Crippen molar-refractivity contribution in [3.05, 3.63) is 57.4 Å². The van der Waals surface area contributed by atoms with Crippen LogP contribution >= 0.6 is 11.6 Å². The number of anilines is 3. The summed E-state index contributed by atoms with van der Waals surface area (Å²) in [7, 11) is 0. The van der Waals surface area contributed by atoms with E-state index in [4.69, 9.17) is 17.4 Å². The minimum atomic E-state index is -0.593. The van der Waals surface area contributed by atoms with Crippen LogP contribution in [0.1, 0.15) is 0 Å². The monoisotopic (exact) mass is 296 g/mol. The first-order chi connectivity index (χ1) is 9.52. The molecule has 104 valence electrons. The van der Waals surface area contributed by atoms with Gasteiger partial charge in [-0.2, -0.15) is 0 Å². The molecule has 0 aliphatic carbocycles. The van der Waals surface area contributed by atoms with Crippen LogP contribution in [0, 0.1) is 15.9 Å². The highest BCUT2D eigenvalue weighted by Crippen LogP contribution is 2.36. The van der Waals surface area contributed by atoms with Crippen molar-refractivity contribution in [3.63, 3.8) is 0 Å². The van der Waals surface area contributed by atoms with Gasteiger partial charge in [-0.1, -0.05) is 17.7 Å². The van der Waals surface area contributed by atoms with Gasteiger partial charge in [0.15, 0.2) is 0 Å². The summed E-state index contributed by atoms with van der Waals surface area (Å²) < 4.78 is 13.2. The lowest BCUT2D eigenvalue weighted by Crippen LogP contribution is -2.10. The Bertz CT molecular complexity index is 666. The van der Waals surface area contributed by atoms with E-state index in [-0.39, 0.29) is 27.8 Å². The van der Waals surface area contributed by atoms with Crippen molar-refractivity contribution in [1.29, 1.82) is 0 Å². The molecule has 0 aliphatic heterocycles. The first-order valence-electron chi connectivity index (χ1n) is 5.49. The first-order valence-corrected chi connectivity index (χ1v) is 5.87. The topological polar surface area (TPSA) is 93.2 Å². The van der Waals surface area contributed by atoms with Crippen LogP contribution in [-0.2, 0) is 0 Å². The third-order valence-corrected chi connectivity index (χ3v) is 2.90. The van der Waals surface area contributed by atoms with Gasteiger partial charge in [0.2, 0.25) is 0 Å². The number of benzene rings is 2. The molecule has 0 radical (unpaired) electrons. The summed E-state index contributed by atoms with van der Waals surface area (Å²) in [5.41, 5.74) is 2.49. The number of hydrogen-bond donors (Lipinski definition) is 3. The smallest absolute Gasteiger partial charge is 0.316 e. The van der Waals surface area contributed by atoms with Crippen LogP contribution in [0.5, 0.6) is 0 Å². The van der Waals surface area contributed by atoms with Gasteiger partial charge in [0.25, 0.3) is 0 Å². The van der Waals surface area contributed by atoms with Gasteiger partial charge < -0.3 is 10.7 Å². The number of nitrogens with zero attached hydrogens (tertiary/aromatic N) is 1. The molecule has 2 rings (SSSR count). The standard InChI is InChI=1S/C12H10ClFN4O2/c13-8-5-4-7(14)6-11(8)16-9-2-1-3-10(17-15)12(9)18(19)20/h1-6,16-17H,15H2. The van der Waals surface area contributed by atoms with Crippen molar-refractivity contribution in [1.82, 2.24) is 0 Å². The van der Waals surface area contributed by atoms with Crippen LogP contribution in [-0.4, -0.2) is 4.92 Å². The Labute approximate surface area is 118 Å². The van der Waals surface area contributed by atoms with Crippen LogP contribution in [0.15, 0.2) is 36.4 Å². The molecule has 0 aliphatic rings. The summed E-state index contributed by atoms with van der Waals surface area (Å²) in [6.45, 7) is 0. The molecule has 4 N–H and O–H groups in total. The van der Waals surface area contributed by atoms with Gasteiger partial charge in [-0.05, 0) is 30.3 Å². The number of hydrazine groups is 1. The summed E-state index contributed by atoms with van der Waals surface area (Å²) in [6, 6.07) is 8.19. The van der Waals surface area contributed by atoms with E-state index >= 15 is 0 Å². The Morgan fingerprint density at radius 1 is 1.20 bits per heavy atom. The number of hydrogen-bond acceptors (Lipinski definition) is 5. The Kier molecular flexibility index (Phi) is 4.02. The molecule has 0 unspecified atom stereocenters. The predicted molar refractivity (Wildman–Crippen MR) is 75.6 cm³/mol. The zero-order valence-electron chi connectivity index (χ0n) is 10.1. The van der Waals surface area contributed by atoms with E-state index in [0.717, 1.165) is 6.07 Å². The van der Waals surface area contributed by atoms with Crippen LogP contribution in [0.4, 0.5) is 27.1 Å². The quantitative estimate of drug-likeness (QED) is 0.456. The number of nitro groups is 1. The fraction of sp³-hybridized carbons (Fsp3) is 0. The Morgan fingerprint density at radius 3 is 2.55 bits per heavy atom. The second kappa shape index (κ2) is 5.72. The number of nitrogens with two attached hydrogens (primary N) is 1. The van der Waals surface area contributed by atoms with Crippen molar-refractivity contribution in [2.24, 2.45) is 5.84 Å². The highest BCUT2D eigenvalue weighted by Gasteiger charge is 2.19. The number of rotatable bonds is 4. The molecule has 8 heteroatoms. The summed E-state index contributed by atoms with van der Waals surface area (Å²) in [5, 5.41) is 14.1. The molecule has 2 aromatic carbocycles. The highest BCUT2D eigenvalue weighted by atomic mass is 35.5. The molecule has 0 aromatic heterocycles. The normalized spacial score (nSPS) is 10.2. The van der Waals surface area contributed by atoms with Crippen LogP contribution in [0.3, 0.4) is 0 Å². The Hall–Kier alpha value is -2.38. The largest absolute Gasteiger partial charge is 0.349 e. The van der Waals surface area contributed by atoms with E-state index in [1.807, 2.05) is 0 Å². The van der Waals surface area contributed by atoms with E-state index < -0.39 is 10.7 Å². The lowest BCUT2D eigenvalue weighted by Gasteiger charge is -2.11. The Morgan fingerprint density at radius 2 is 1.90 bits per heavy atom. The lowest BCUT2D eigenvalue weighted by molar-refractivity contribution is -0.383. The van der Waals surface area contributed by atoms with Gasteiger partial charge in [-0.25, -0.2) is 4.39 Å². The number of nitro benzene ring substituents is 1. The maximum absolute atomic E-state index is 13.2.